The predicted molar refractivity (Wildman–Crippen MR) is 102 cm³/mol. The molecule has 0 atom stereocenters. The molecule has 7 heteroatoms. The fraction of sp³-hybridized carbons (Fsp3) is 0.150. The second-order valence-electron chi connectivity index (χ2n) is 5.63. The quantitative estimate of drug-likeness (QED) is 0.566. The minimum atomic E-state index is -0.799. The Morgan fingerprint density at radius 3 is 2.48 bits per heavy atom. The molecule has 0 fully saturated rings. The Kier molecular flexibility index (Phi) is 7.58. The van der Waals surface area contributed by atoms with Crippen LogP contribution in [-0.2, 0) is 25.7 Å². The number of hydrogen-bond donors (Lipinski definition) is 2. The number of benzene rings is 2. The molecule has 0 aromatic heterocycles. The first-order valence-electron chi connectivity index (χ1n) is 8.16. The van der Waals surface area contributed by atoms with Crippen LogP contribution in [0.25, 0.3) is 6.08 Å². The van der Waals surface area contributed by atoms with Crippen molar-refractivity contribution < 1.29 is 19.1 Å². The van der Waals surface area contributed by atoms with Crippen LogP contribution < -0.4 is 10.6 Å². The minimum Gasteiger partial charge on any atom is -0.451 e. The van der Waals surface area contributed by atoms with Crippen LogP contribution in [0.15, 0.2) is 60.3 Å². The van der Waals surface area contributed by atoms with Gasteiger partial charge in [0.2, 0.25) is 5.91 Å². The SMILES string of the molecule is CC(=O)N/C(=C\c1ccccc1)C(=O)OCC(=O)NCc1cccc(Cl)c1. The molecule has 0 heterocycles. The molecule has 0 saturated carbocycles. The van der Waals surface area contributed by atoms with Gasteiger partial charge in [0.05, 0.1) is 0 Å². The van der Waals surface area contributed by atoms with Crippen molar-refractivity contribution in [1.82, 2.24) is 10.6 Å². The zero-order chi connectivity index (χ0) is 19.6. The smallest absolute Gasteiger partial charge is 0.355 e. The summed E-state index contributed by atoms with van der Waals surface area (Å²) in [5.74, 6) is -1.68. The van der Waals surface area contributed by atoms with Crippen LogP contribution >= 0.6 is 11.6 Å². The molecular formula is C20H19ClN2O4. The highest BCUT2D eigenvalue weighted by molar-refractivity contribution is 6.30. The second kappa shape index (κ2) is 10.1. The average Bonchev–Trinajstić information content (AvgIpc) is 2.64. The van der Waals surface area contributed by atoms with Gasteiger partial charge in [0.1, 0.15) is 5.70 Å². The van der Waals surface area contributed by atoms with Crippen molar-refractivity contribution in [2.24, 2.45) is 0 Å². The summed E-state index contributed by atoms with van der Waals surface area (Å²) in [5, 5.41) is 5.62. The molecule has 0 radical (unpaired) electrons. The van der Waals surface area contributed by atoms with E-state index in [-0.39, 0.29) is 12.2 Å². The number of hydrogen-bond acceptors (Lipinski definition) is 4. The third-order valence-electron chi connectivity index (χ3n) is 3.35. The third-order valence-corrected chi connectivity index (χ3v) is 3.59. The normalized spacial score (nSPS) is 10.8. The van der Waals surface area contributed by atoms with E-state index in [0.717, 1.165) is 5.56 Å². The summed E-state index contributed by atoms with van der Waals surface area (Å²) >= 11 is 5.88. The Morgan fingerprint density at radius 2 is 1.81 bits per heavy atom. The summed E-state index contributed by atoms with van der Waals surface area (Å²) in [7, 11) is 0. The molecule has 140 valence electrons. The molecule has 2 N–H and O–H groups in total. The molecule has 27 heavy (non-hydrogen) atoms. The topological polar surface area (TPSA) is 84.5 Å². The van der Waals surface area contributed by atoms with Gasteiger partial charge in [-0.2, -0.15) is 0 Å². The molecular weight excluding hydrogens is 368 g/mol. The first-order valence-corrected chi connectivity index (χ1v) is 8.54. The zero-order valence-corrected chi connectivity index (χ0v) is 15.5. The zero-order valence-electron chi connectivity index (χ0n) is 14.7. The minimum absolute atomic E-state index is 0.0451. The van der Waals surface area contributed by atoms with Crippen molar-refractivity contribution in [2.75, 3.05) is 6.61 Å². The lowest BCUT2D eigenvalue weighted by molar-refractivity contribution is -0.145. The molecule has 0 aliphatic rings. The lowest BCUT2D eigenvalue weighted by Gasteiger charge is -2.10. The molecule has 2 aromatic rings. The van der Waals surface area contributed by atoms with Crippen LogP contribution in [0.4, 0.5) is 0 Å². The third kappa shape index (κ3) is 7.33. The van der Waals surface area contributed by atoms with Crippen molar-refractivity contribution in [3.63, 3.8) is 0 Å². The van der Waals surface area contributed by atoms with Gasteiger partial charge >= 0.3 is 5.97 Å². The second-order valence-corrected chi connectivity index (χ2v) is 6.07. The summed E-state index contributed by atoms with van der Waals surface area (Å²) in [5.41, 5.74) is 1.49. The van der Waals surface area contributed by atoms with Crippen molar-refractivity contribution >= 4 is 35.5 Å². The fourth-order valence-corrected chi connectivity index (χ4v) is 2.37. The summed E-state index contributed by atoms with van der Waals surface area (Å²) < 4.78 is 4.99. The molecule has 0 saturated heterocycles. The first-order chi connectivity index (χ1) is 12.9. The van der Waals surface area contributed by atoms with Crippen LogP contribution in [-0.4, -0.2) is 24.4 Å². The van der Waals surface area contributed by atoms with Crippen molar-refractivity contribution in [3.05, 3.63) is 76.4 Å². The standard InChI is InChI=1S/C20H19ClN2O4/c1-14(24)23-18(11-15-6-3-2-4-7-15)20(26)27-13-19(25)22-12-16-8-5-9-17(21)10-16/h2-11H,12-13H2,1H3,(H,22,25)(H,23,24)/b18-11-. The van der Waals surface area contributed by atoms with Gasteiger partial charge in [0, 0.05) is 18.5 Å². The lowest BCUT2D eigenvalue weighted by Crippen LogP contribution is -2.31. The van der Waals surface area contributed by atoms with Gasteiger partial charge in [0.25, 0.3) is 5.91 Å². The number of ether oxygens (including phenoxy) is 1. The Balaban J connectivity index is 1.91. The number of carbonyl (C=O) groups excluding carboxylic acids is 3. The number of nitrogens with one attached hydrogen (secondary N) is 2. The van der Waals surface area contributed by atoms with Gasteiger partial charge in [-0.05, 0) is 29.3 Å². The van der Waals surface area contributed by atoms with E-state index < -0.39 is 24.4 Å². The van der Waals surface area contributed by atoms with Crippen molar-refractivity contribution in [1.29, 1.82) is 0 Å². The molecule has 2 amide bonds. The van der Waals surface area contributed by atoms with E-state index in [9.17, 15) is 14.4 Å². The highest BCUT2D eigenvalue weighted by atomic mass is 35.5. The monoisotopic (exact) mass is 386 g/mol. The maximum atomic E-state index is 12.2. The largest absolute Gasteiger partial charge is 0.451 e. The first kappa shape index (κ1) is 20.2. The molecule has 2 aromatic carbocycles. The molecule has 0 unspecified atom stereocenters. The van der Waals surface area contributed by atoms with E-state index >= 15 is 0 Å². The molecule has 6 nitrogen and oxygen atoms in total. The maximum Gasteiger partial charge on any atom is 0.355 e. The maximum absolute atomic E-state index is 12.2. The van der Waals surface area contributed by atoms with Crippen LogP contribution in [0, 0.1) is 0 Å². The highest BCUT2D eigenvalue weighted by Crippen LogP contribution is 2.10. The van der Waals surface area contributed by atoms with Gasteiger partial charge < -0.3 is 15.4 Å². The number of amides is 2. The summed E-state index contributed by atoms with van der Waals surface area (Å²) in [6, 6.07) is 16.0. The van der Waals surface area contributed by atoms with Gasteiger partial charge in [-0.3, -0.25) is 9.59 Å². The van der Waals surface area contributed by atoms with Gasteiger partial charge in [0.15, 0.2) is 6.61 Å². The van der Waals surface area contributed by atoms with E-state index in [1.807, 2.05) is 12.1 Å². The highest BCUT2D eigenvalue weighted by Gasteiger charge is 2.14. The van der Waals surface area contributed by atoms with Gasteiger partial charge in [-0.1, -0.05) is 54.1 Å². The number of esters is 1. The lowest BCUT2D eigenvalue weighted by atomic mass is 10.2. The molecule has 0 bridgehead atoms. The average molecular weight is 387 g/mol. The van der Waals surface area contributed by atoms with Crippen molar-refractivity contribution in [2.45, 2.75) is 13.5 Å². The predicted octanol–water partition coefficient (Wildman–Crippen LogP) is 2.68. The molecule has 0 aliphatic heterocycles. The molecule has 0 spiro atoms. The Bertz CT molecular complexity index is 850. The van der Waals surface area contributed by atoms with E-state index in [1.165, 1.54) is 13.0 Å². The van der Waals surface area contributed by atoms with E-state index in [0.29, 0.717) is 10.6 Å². The number of rotatable bonds is 7. The molecule has 0 aliphatic carbocycles. The number of carbonyl (C=O) groups is 3. The summed E-state index contributed by atoms with van der Waals surface area (Å²) in [6.07, 6.45) is 1.48. The van der Waals surface area contributed by atoms with Gasteiger partial charge in [-0.15, -0.1) is 0 Å². The van der Waals surface area contributed by atoms with Crippen LogP contribution in [0.5, 0.6) is 0 Å². The molecule has 2 rings (SSSR count). The Morgan fingerprint density at radius 1 is 1.07 bits per heavy atom. The van der Waals surface area contributed by atoms with Gasteiger partial charge in [-0.25, -0.2) is 4.79 Å². The van der Waals surface area contributed by atoms with Crippen LogP contribution in [0.2, 0.25) is 5.02 Å². The fourth-order valence-electron chi connectivity index (χ4n) is 2.16. The summed E-state index contributed by atoms with van der Waals surface area (Å²) in [6.45, 7) is 1.07. The van der Waals surface area contributed by atoms with E-state index in [2.05, 4.69) is 10.6 Å². The van der Waals surface area contributed by atoms with E-state index in [1.54, 1.807) is 42.5 Å². The number of halogens is 1. The summed E-state index contributed by atoms with van der Waals surface area (Å²) in [4.78, 5) is 35.4. The van der Waals surface area contributed by atoms with Crippen molar-refractivity contribution in [3.8, 4) is 0 Å². The van der Waals surface area contributed by atoms with Crippen LogP contribution in [0.3, 0.4) is 0 Å². The Labute approximate surface area is 162 Å². The van der Waals surface area contributed by atoms with E-state index in [4.69, 9.17) is 16.3 Å². The van der Waals surface area contributed by atoms with Crippen LogP contribution in [0.1, 0.15) is 18.1 Å². The Hall–Kier alpha value is -3.12.